The molecule has 1 heterocycles. The Morgan fingerprint density at radius 3 is 2.58 bits per heavy atom. The van der Waals surface area contributed by atoms with Gasteiger partial charge in [-0.05, 0) is 26.0 Å². The Hall–Kier alpha value is -1.26. The van der Waals surface area contributed by atoms with Crippen LogP contribution in [0.2, 0.25) is 0 Å². The van der Waals surface area contributed by atoms with Gasteiger partial charge in [0.2, 0.25) is 0 Å². The highest BCUT2D eigenvalue weighted by molar-refractivity contribution is 5.70. The predicted molar refractivity (Wildman–Crippen MR) is 79.0 cm³/mol. The Balaban J connectivity index is 2.11. The van der Waals surface area contributed by atoms with Crippen LogP contribution in [0, 0.1) is 0 Å². The van der Waals surface area contributed by atoms with Crippen molar-refractivity contribution in [2.24, 2.45) is 0 Å². The third-order valence-electron chi connectivity index (χ3n) is 3.71. The minimum atomic E-state index is 0.178. The molecule has 0 saturated carbocycles. The van der Waals surface area contributed by atoms with Crippen LogP contribution in [0.1, 0.15) is 13.8 Å². The third-order valence-corrected chi connectivity index (χ3v) is 3.71. The SMILES string of the molecule is COC(C)C(C)Nc1ccccc1N1CCOCC1. The summed E-state index contributed by atoms with van der Waals surface area (Å²) in [5.74, 6) is 0. The first-order valence-corrected chi connectivity index (χ1v) is 6.93. The Morgan fingerprint density at radius 1 is 1.21 bits per heavy atom. The molecule has 19 heavy (non-hydrogen) atoms. The van der Waals surface area contributed by atoms with Crippen LogP contribution < -0.4 is 10.2 Å². The highest BCUT2D eigenvalue weighted by atomic mass is 16.5. The molecule has 2 rings (SSSR count). The Bertz CT molecular complexity index is 391. The molecule has 1 aliphatic heterocycles. The van der Waals surface area contributed by atoms with Crippen LogP contribution in [0.15, 0.2) is 24.3 Å². The number of anilines is 2. The molecule has 1 aromatic carbocycles. The molecule has 0 bridgehead atoms. The van der Waals surface area contributed by atoms with Crippen LogP contribution in [0.4, 0.5) is 11.4 Å². The van der Waals surface area contributed by atoms with E-state index in [1.54, 1.807) is 7.11 Å². The molecule has 0 aromatic heterocycles. The number of hydrogen-bond acceptors (Lipinski definition) is 4. The van der Waals surface area contributed by atoms with E-state index in [-0.39, 0.29) is 12.1 Å². The first kappa shape index (κ1) is 14.2. The smallest absolute Gasteiger partial charge is 0.0741 e. The van der Waals surface area contributed by atoms with Gasteiger partial charge in [-0.2, -0.15) is 0 Å². The number of para-hydroxylation sites is 2. The lowest BCUT2D eigenvalue weighted by Gasteiger charge is -2.32. The number of ether oxygens (including phenoxy) is 2. The summed E-state index contributed by atoms with van der Waals surface area (Å²) in [5.41, 5.74) is 2.42. The van der Waals surface area contributed by atoms with Crippen molar-refractivity contribution in [1.82, 2.24) is 0 Å². The Morgan fingerprint density at radius 2 is 1.89 bits per heavy atom. The van der Waals surface area contributed by atoms with Gasteiger partial charge in [0, 0.05) is 26.2 Å². The molecule has 2 unspecified atom stereocenters. The van der Waals surface area contributed by atoms with Gasteiger partial charge in [-0.3, -0.25) is 0 Å². The summed E-state index contributed by atoms with van der Waals surface area (Å²) in [5, 5.41) is 3.55. The van der Waals surface area contributed by atoms with Crippen LogP contribution >= 0.6 is 0 Å². The van der Waals surface area contributed by atoms with Crippen molar-refractivity contribution in [1.29, 1.82) is 0 Å². The third kappa shape index (κ3) is 3.61. The van der Waals surface area contributed by atoms with Crippen molar-refractivity contribution in [2.75, 3.05) is 43.6 Å². The lowest BCUT2D eigenvalue weighted by Crippen LogP contribution is -2.37. The zero-order valence-corrected chi connectivity index (χ0v) is 12.1. The molecule has 0 aliphatic carbocycles. The first-order valence-electron chi connectivity index (χ1n) is 6.93. The number of morpholine rings is 1. The van der Waals surface area contributed by atoms with E-state index >= 15 is 0 Å². The van der Waals surface area contributed by atoms with E-state index in [9.17, 15) is 0 Å². The van der Waals surface area contributed by atoms with Crippen LogP contribution in [-0.2, 0) is 9.47 Å². The van der Waals surface area contributed by atoms with E-state index < -0.39 is 0 Å². The highest BCUT2D eigenvalue weighted by Crippen LogP contribution is 2.27. The fraction of sp³-hybridized carbons (Fsp3) is 0.600. The first-order chi connectivity index (χ1) is 9.22. The van der Waals surface area contributed by atoms with E-state index in [4.69, 9.17) is 9.47 Å². The molecule has 1 aromatic rings. The zero-order valence-electron chi connectivity index (χ0n) is 12.1. The predicted octanol–water partition coefficient (Wildman–Crippen LogP) is 2.36. The van der Waals surface area contributed by atoms with Gasteiger partial charge >= 0.3 is 0 Å². The largest absolute Gasteiger partial charge is 0.380 e. The molecular formula is C15H24N2O2. The maximum absolute atomic E-state index is 5.42. The molecule has 1 aliphatic rings. The van der Waals surface area contributed by atoms with Gasteiger partial charge in [0.25, 0.3) is 0 Å². The van der Waals surface area contributed by atoms with Gasteiger partial charge in [0.05, 0.1) is 30.7 Å². The number of hydrogen-bond donors (Lipinski definition) is 1. The lowest BCUT2D eigenvalue weighted by molar-refractivity contribution is 0.106. The van der Waals surface area contributed by atoms with Gasteiger partial charge in [0.15, 0.2) is 0 Å². The summed E-state index contributed by atoms with van der Waals surface area (Å²) in [6.07, 6.45) is 0.178. The standard InChI is InChI=1S/C15H24N2O2/c1-12(13(2)18-3)16-14-6-4-5-7-15(14)17-8-10-19-11-9-17/h4-7,12-13,16H,8-11H2,1-3H3. The molecule has 1 N–H and O–H groups in total. The minimum absolute atomic E-state index is 0.178. The van der Waals surface area contributed by atoms with Crippen LogP contribution in [-0.4, -0.2) is 45.6 Å². The van der Waals surface area contributed by atoms with Crippen LogP contribution in [0.5, 0.6) is 0 Å². The molecule has 1 saturated heterocycles. The van der Waals surface area contributed by atoms with Gasteiger partial charge in [-0.1, -0.05) is 12.1 Å². The number of benzene rings is 1. The molecule has 2 atom stereocenters. The van der Waals surface area contributed by atoms with Crippen molar-refractivity contribution in [2.45, 2.75) is 26.0 Å². The fourth-order valence-corrected chi connectivity index (χ4v) is 2.24. The summed E-state index contributed by atoms with van der Waals surface area (Å²) in [7, 11) is 1.75. The van der Waals surface area contributed by atoms with E-state index in [0.717, 1.165) is 26.3 Å². The zero-order chi connectivity index (χ0) is 13.7. The molecule has 0 radical (unpaired) electrons. The maximum atomic E-state index is 5.42. The van der Waals surface area contributed by atoms with E-state index in [2.05, 4.69) is 48.3 Å². The summed E-state index contributed by atoms with van der Waals surface area (Å²) in [6, 6.07) is 8.71. The van der Waals surface area contributed by atoms with E-state index in [1.165, 1.54) is 11.4 Å². The van der Waals surface area contributed by atoms with Crippen molar-refractivity contribution in [3.8, 4) is 0 Å². The van der Waals surface area contributed by atoms with Crippen LogP contribution in [0.25, 0.3) is 0 Å². The van der Waals surface area contributed by atoms with E-state index in [0.29, 0.717) is 0 Å². The minimum Gasteiger partial charge on any atom is -0.380 e. The van der Waals surface area contributed by atoms with Gasteiger partial charge in [-0.15, -0.1) is 0 Å². The van der Waals surface area contributed by atoms with Crippen molar-refractivity contribution >= 4 is 11.4 Å². The second-order valence-electron chi connectivity index (χ2n) is 4.99. The number of methoxy groups -OCH3 is 1. The number of nitrogens with zero attached hydrogens (tertiary/aromatic N) is 1. The Kier molecular flexibility index (Phi) is 5.05. The van der Waals surface area contributed by atoms with Gasteiger partial charge in [-0.25, -0.2) is 0 Å². The Labute approximate surface area is 115 Å². The number of rotatable bonds is 5. The molecule has 0 spiro atoms. The quantitative estimate of drug-likeness (QED) is 0.885. The molecular weight excluding hydrogens is 240 g/mol. The highest BCUT2D eigenvalue weighted by Gasteiger charge is 2.17. The fourth-order valence-electron chi connectivity index (χ4n) is 2.24. The summed E-state index contributed by atoms with van der Waals surface area (Å²) in [4.78, 5) is 2.37. The molecule has 106 valence electrons. The normalized spacial score (nSPS) is 19.0. The topological polar surface area (TPSA) is 33.7 Å². The van der Waals surface area contributed by atoms with Gasteiger partial charge < -0.3 is 19.7 Å². The van der Waals surface area contributed by atoms with E-state index in [1.807, 2.05) is 0 Å². The average molecular weight is 264 g/mol. The van der Waals surface area contributed by atoms with Crippen molar-refractivity contribution in [3.63, 3.8) is 0 Å². The molecule has 4 nitrogen and oxygen atoms in total. The monoisotopic (exact) mass is 264 g/mol. The molecule has 0 amide bonds. The van der Waals surface area contributed by atoms with Gasteiger partial charge in [0.1, 0.15) is 0 Å². The lowest BCUT2D eigenvalue weighted by atomic mass is 10.1. The number of nitrogens with one attached hydrogen (secondary N) is 1. The average Bonchev–Trinajstić information content (AvgIpc) is 2.47. The summed E-state index contributed by atoms with van der Waals surface area (Å²) < 4.78 is 10.8. The maximum Gasteiger partial charge on any atom is 0.0741 e. The van der Waals surface area contributed by atoms with Crippen molar-refractivity contribution in [3.05, 3.63) is 24.3 Å². The molecule has 1 fully saturated rings. The summed E-state index contributed by atoms with van der Waals surface area (Å²) in [6.45, 7) is 7.73. The van der Waals surface area contributed by atoms with Crippen LogP contribution in [0.3, 0.4) is 0 Å². The summed E-state index contributed by atoms with van der Waals surface area (Å²) >= 11 is 0. The molecule has 4 heteroatoms. The van der Waals surface area contributed by atoms with Crippen molar-refractivity contribution < 1.29 is 9.47 Å². The second-order valence-corrected chi connectivity index (χ2v) is 4.99. The second kappa shape index (κ2) is 6.78.